The Kier molecular flexibility index (Phi) is 60.4. The summed E-state index contributed by atoms with van der Waals surface area (Å²) in [4.78, 5) is 0. The van der Waals surface area contributed by atoms with Gasteiger partial charge in [-0.05, 0) is 27.7 Å². The molecule has 0 spiro atoms. The Hall–Kier alpha value is 1.71. The molecule has 0 fully saturated rings. The molecule has 0 atom stereocenters. The van der Waals surface area contributed by atoms with Crippen LogP contribution in [0.5, 0.6) is 0 Å². The molecule has 0 N–H and O–H groups in total. The molecule has 2 radical (unpaired) electrons. The van der Waals surface area contributed by atoms with Crippen molar-refractivity contribution in [2.24, 2.45) is 0 Å². The van der Waals surface area contributed by atoms with E-state index in [4.69, 9.17) is 0 Å². The summed E-state index contributed by atoms with van der Waals surface area (Å²) in [6, 6.07) is 0. The Morgan fingerprint density at radius 1 is 0.538 bits per heavy atom. The molecule has 154 valence electrons. The van der Waals surface area contributed by atoms with Gasteiger partial charge in [-0.25, -0.2) is 13.5 Å². The number of rotatable bonds is 4. The first kappa shape index (κ1) is 41.9. The van der Waals surface area contributed by atoms with Crippen molar-refractivity contribution in [3.05, 3.63) is 0 Å². The maximum atomic E-state index is 4.59. The van der Waals surface area contributed by atoms with E-state index in [0.717, 1.165) is 0 Å². The van der Waals surface area contributed by atoms with E-state index in [2.05, 4.69) is 118 Å². The van der Waals surface area contributed by atoms with Gasteiger partial charge in [-0.1, -0.05) is 0 Å². The topological polar surface area (TPSA) is 36.9 Å². The summed E-state index contributed by atoms with van der Waals surface area (Å²) in [5, 5.41) is 0. The molecule has 0 saturated heterocycles. The predicted octanol–water partition coefficient (Wildman–Crippen LogP) is 1.96. The molecule has 14 heteroatoms. The standard InChI is InChI=1S/4C3H6OS2.Pb.H4S/c4*1-2-4-3(5)6;;/h4*2H2,1H3,(H,5,6);;1H4/q;;;;2*+2/p-4. The van der Waals surface area contributed by atoms with Crippen LogP contribution in [0.15, 0.2) is 0 Å². The molecule has 0 aliphatic heterocycles. The number of hydrogen-bond donors (Lipinski definition) is 0. The second-order valence-corrected chi connectivity index (χ2v) is 6.73. The first-order valence-electron chi connectivity index (χ1n) is 6.43. The predicted molar refractivity (Wildman–Crippen MR) is 145 cm³/mol. The monoisotopic (exact) mass is 728 g/mol. The SMILES string of the molecule is CCOC(=S)[S-].CCOC(=S)[S-].CCOC(=S)[S-].CCOC(=S)[S-].[Pb+2].[SH4+2]. The largest absolute Gasteiger partial charge is 2.00 e. The van der Waals surface area contributed by atoms with Crippen molar-refractivity contribution in [1.29, 1.82) is 0 Å². The van der Waals surface area contributed by atoms with E-state index >= 15 is 0 Å². The van der Waals surface area contributed by atoms with Crippen molar-refractivity contribution in [1.82, 2.24) is 0 Å². The molecule has 0 aromatic heterocycles. The summed E-state index contributed by atoms with van der Waals surface area (Å²) in [5.41, 5.74) is 0. The van der Waals surface area contributed by atoms with Crippen LogP contribution in [-0.4, -0.2) is 71.3 Å². The minimum atomic E-state index is 0. The molecule has 0 saturated carbocycles. The fourth-order valence-electron chi connectivity index (χ4n) is 0.471. The molecular weight excluding hydrogens is 704 g/mol. The third kappa shape index (κ3) is 83.5. The van der Waals surface area contributed by atoms with E-state index in [1.165, 1.54) is 0 Å². The molecule has 0 bridgehead atoms. The van der Waals surface area contributed by atoms with E-state index in [9.17, 15) is 0 Å². The van der Waals surface area contributed by atoms with Gasteiger partial charge in [-0.3, -0.25) is 0 Å². The van der Waals surface area contributed by atoms with Crippen molar-refractivity contribution in [3.8, 4) is 0 Å². The zero-order chi connectivity index (χ0) is 20.0. The molecule has 0 aliphatic carbocycles. The summed E-state index contributed by atoms with van der Waals surface area (Å²) in [6.45, 7) is 9.73. The number of thiocarbonyl (C=S) groups is 4. The van der Waals surface area contributed by atoms with Gasteiger partial charge in [-0.15, -0.1) is 0 Å². The molecule has 0 amide bonds. The quantitative estimate of drug-likeness (QED) is 0.242. The van der Waals surface area contributed by atoms with Crippen molar-refractivity contribution in [2.75, 3.05) is 26.4 Å². The van der Waals surface area contributed by atoms with Crippen LogP contribution < -0.4 is 0 Å². The third-order valence-electron chi connectivity index (χ3n) is 1.05. The molecule has 0 aliphatic rings. The minimum absolute atomic E-state index is 0. The van der Waals surface area contributed by atoms with E-state index in [1.54, 1.807) is 0 Å². The normalized spacial score (nSPS) is 6.92. The maximum Gasteiger partial charge on any atom is 2.00 e. The average molecular weight is 728 g/mol. The van der Waals surface area contributed by atoms with Gasteiger partial charge >= 0.3 is 27.3 Å². The van der Waals surface area contributed by atoms with Crippen LogP contribution in [-0.2, 0) is 83.0 Å². The van der Waals surface area contributed by atoms with Crippen LogP contribution in [0.3, 0.4) is 0 Å². The van der Waals surface area contributed by atoms with E-state index < -0.39 is 0 Å². The molecular formula is C12H24O4PbS9. The van der Waals surface area contributed by atoms with Crippen molar-refractivity contribution < 1.29 is 18.9 Å². The Morgan fingerprint density at radius 3 is 0.654 bits per heavy atom. The van der Waals surface area contributed by atoms with Gasteiger partial charge in [-0.2, -0.15) is 0 Å². The first-order valence-corrected chi connectivity index (χ1v) is 9.70. The Morgan fingerprint density at radius 2 is 0.654 bits per heavy atom. The third-order valence-corrected chi connectivity index (χ3v) is 1.99. The van der Waals surface area contributed by atoms with Gasteiger partial charge in [0.1, 0.15) is 0 Å². The minimum Gasteiger partial charge on any atom is -0.514 e. The maximum absolute atomic E-state index is 4.59. The summed E-state index contributed by atoms with van der Waals surface area (Å²) >= 11 is 35.1. The summed E-state index contributed by atoms with van der Waals surface area (Å²) in [5.74, 6) is 0. The van der Waals surface area contributed by atoms with Gasteiger partial charge in [0.2, 0.25) is 0 Å². The smallest absolute Gasteiger partial charge is 0.514 e. The Bertz CT molecular complexity index is 283. The van der Waals surface area contributed by atoms with Crippen LogP contribution in [0.2, 0.25) is 0 Å². The fourth-order valence-corrected chi connectivity index (χ4v) is 1.41. The van der Waals surface area contributed by atoms with Crippen molar-refractivity contribution in [2.45, 2.75) is 27.7 Å². The van der Waals surface area contributed by atoms with Crippen LogP contribution >= 0.6 is 48.9 Å². The van der Waals surface area contributed by atoms with E-state index in [0.29, 0.717) is 26.4 Å². The first-order chi connectivity index (χ1) is 11.1. The zero-order valence-electron chi connectivity index (χ0n) is 14.9. The van der Waals surface area contributed by atoms with Gasteiger partial charge in [0.25, 0.3) is 0 Å². The molecule has 4 nitrogen and oxygen atoms in total. The second kappa shape index (κ2) is 37.5. The van der Waals surface area contributed by atoms with Crippen LogP contribution in [0.1, 0.15) is 27.7 Å². The van der Waals surface area contributed by atoms with Crippen LogP contribution in [0, 0.1) is 0 Å². The fraction of sp³-hybridized carbons (Fsp3) is 0.667. The average Bonchev–Trinajstić information content (AvgIpc) is 2.39. The summed E-state index contributed by atoms with van der Waals surface area (Å²) in [7, 11) is 0. The number of ether oxygens (including phenoxy) is 4. The summed E-state index contributed by atoms with van der Waals surface area (Å²) < 4.78 is 19.2. The Balaban J connectivity index is -0.0000000500. The van der Waals surface area contributed by atoms with Gasteiger partial charge in [0, 0.05) is 17.5 Å². The van der Waals surface area contributed by atoms with Crippen LogP contribution in [0.25, 0.3) is 0 Å². The van der Waals surface area contributed by atoms with Gasteiger partial charge in [0.05, 0.1) is 26.4 Å². The van der Waals surface area contributed by atoms with Crippen LogP contribution in [0.4, 0.5) is 0 Å². The van der Waals surface area contributed by atoms with E-state index in [1.807, 2.05) is 27.7 Å². The molecule has 0 aromatic rings. The molecule has 0 unspecified atom stereocenters. The molecule has 0 rings (SSSR count). The molecule has 26 heavy (non-hydrogen) atoms. The molecule has 0 aromatic carbocycles. The molecule has 0 heterocycles. The van der Waals surface area contributed by atoms with Gasteiger partial charge in [0.15, 0.2) is 0 Å². The zero-order valence-corrected chi connectivity index (χ0v) is 26.8. The van der Waals surface area contributed by atoms with Crippen molar-refractivity contribution in [3.63, 3.8) is 0 Å². The van der Waals surface area contributed by atoms with E-state index in [-0.39, 0.29) is 58.3 Å². The number of hydrogen-bond acceptors (Lipinski definition) is 12. The second-order valence-electron chi connectivity index (χ2n) is 2.73. The summed E-state index contributed by atoms with van der Waals surface area (Å²) in [6.07, 6.45) is 0. The Labute approximate surface area is 228 Å². The van der Waals surface area contributed by atoms with Gasteiger partial charge < -0.3 is 118 Å². The van der Waals surface area contributed by atoms with Crippen molar-refractivity contribution >= 4 is 158 Å².